The number of rotatable bonds is 1. The third-order valence-corrected chi connectivity index (χ3v) is 2.41. The first kappa shape index (κ1) is 11.7. The maximum atomic E-state index is 11.9. The molecule has 0 aromatic carbocycles. The van der Waals surface area contributed by atoms with E-state index in [0.717, 1.165) is 5.01 Å². The van der Waals surface area contributed by atoms with E-state index >= 15 is 0 Å². The zero-order valence-electron chi connectivity index (χ0n) is 9.80. The molecule has 0 radical (unpaired) electrons. The minimum atomic E-state index is -2.61. The minimum absolute atomic E-state index is 0.144. The number of nitrogens with one attached hydrogen (secondary N) is 1. The molecule has 1 aromatic heterocycles. The van der Waals surface area contributed by atoms with Crippen LogP contribution in [-0.2, 0) is 4.79 Å². The van der Waals surface area contributed by atoms with Crippen LogP contribution < -0.4 is 0 Å². The van der Waals surface area contributed by atoms with Gasteiger partial charge in [-0.15, -0.1) is 0 Å². The normalized spacial score (nSPS) is 19.7. The van der Waals surface area contributed by atoms with Gasteiger partial charge in [-0.2, -0.15) is 10.2 Å². The largest absolute Gasteiger partial charge is 0.353 e. The van der Waals surface area contributed by atoms with Crippen molar-refractivity contribution >= 4 is 11.6 Å². The van der Waals surface area contributed by atoms with Crippen LogP contribution in [0.2, 0.25) is 0 Å². The Morgan fingerprint density at radius 2 is 2.06 bits per heavy atom. The number of nitrogens with zero attached hydrogens (tertiary/aromatic N) is 3. The number of aromatic nitrogens is 2. The van der Waals surface area contributed by atoms with Crippen LogP contribution in [0.5, 0.6) is 0 Å². The zero-order chi connectivity index (χ0) is 12.8. The molecule has 0 saturated carbocycles. The molecule has 0 fully saturated rings. The van der Waals surface area contributed by atoms with Crippen molar-refractivity contribution in [1.29, 1.82) is 0 Å². The lowest BCUT2D eigenvalue weighted by Crippen LogP contribution is -2.50. The van der Waals surface area contributed by atoms with Crippen LogP contribution in [0, 0.1) is 0 Å². The highest BCUT2D eigenvalue weighted by Crippen LogP contribution is 2.27. The quantitative estimate of drug-likeness (QED) is 0.570. The lowest BCUT2D eigenvalue weighted by atomic mass is 10.1. The third-order valence-electron chi connectivity index (χ3n) is 2.41. The molecule has 1 aliphatic heterocycles. The monoisotopic (exact) mass is 238 g/mol. The Labute approximate surface area is 97.8 Å². The van der Waals surface area contributed by atoms with Crippen molar-refractivity contribution in [1.82, 2.24) is 15.2 Å². The molecule has 0 aliphatic carbocycles. The summed E-state index contributed by atoms with van der Waals surface area (Å²) >= 11 is 0. The molecule has 92 valence electrons. The maximum absolute atomic E-state index is 11.9. The van der Waals surface area contributed by atoms with Crippen molar-refractivity contribution in [2.45, 2.75) is 32.1 Å². The second kappa shape index (κ2) is 3.38. The maximum Gasteiger partial charge on any atom is 0.310 e. The summed E-state index contributed by atoms with van der Waals surface area (Å²) in [6.45, 7) is 5.25. The van der Waals surface area contributed by atoms with Crippen molar-refractivity contribution in [3.05, 3.63) is 18.0 Å². The van der Waals surface area contributed by atoms with Gasteiger partial charge in [-0.05, 0) is 26.8 Å². The summed E-state index contributed by atoms with van der Waals surface area (Å²) in [4.78, 5) is 11.9. The van der Waals surface area contributed by atoms with Crippen molar-refractivity contribution in [3.8, 4) is 0 Å². The number of hydrazone groups is 1. The highest BCUT2D eigenvalue weighted by atomic mass is 16.5. The van der Waals surface area contributed by atoms with Crippen LogP contribution in [-0.4, -0.2) is 48.4 Å². The predicted molar refractivity (Wildman–Crippen MR) is 58.9 cm³/mol. The lowest BCUT2D eigenvalue weighted by Gasteiger charge is -2.28. The Hall–Kier alpha value is -1.73. The van der Waals surface area contributed by atoms with Crippen LogP contribution in [0.4, 0.5) is 0 Å². The van der Waals surface area contributed by atoms with E-state index in [-0.39, 0.29) is 5.71 Å². The van der Waals surface area contributed by atoms with Crippen LogP contribution >= 0.6 is 0 Å². The fourth-order valence-electron chi connectivity index (χ4n) is 1.55. The lowest BCUT2D eigenvalue weighted by molar-refractivity contribution is -0.172. The molecule has 7 nitrogen and oxygen atoms in total. The van der Waals surface area contributed by atoms with Gasteiger partial charge in [-0.3, -0.25) is 9.89 Å². The van der Waals surface area contributed by atoms with E-state index in [1.54, 1.807) is 20.8 Å². The predicted octanol–water partition coefficient (Wildman–Crippen LogP) is -0.565. The number of carbonyl (C=O) groups excluding carboxylic acids is 1. The standard InChI is InChI=1S/C10H14N4O3/c1-9(2,3)14-8(15)10(16,17)7(13-14)6-4-5-11-12-6/h4-5,16-17H,1-3H3,(H,11,12). The fraction of sp³-hybridized carbons (Fsp3) is 0.500. The molecule has 0 saturated heterocycles. The van der Waals surface area contributed by atoms with Gasteiger partial charge < -0.3 is 10.2 Å². The Bertz CT molecular complexity index is 470. The first-order valence-electron chi connectivity index (χ1n) is 5.13. The summed E-state index contributed by atoms with van der Waals surface area (Å²) in [5.74, 6) is -3.48. The van der Waals surface area contributed by atoms with E-state index in [9.17, 15) is 15.0 Å². The molecule has 3 N–H and O–H groups in total. The number of carbonyl (C=O) groups is 1. The number of aromatic amines is 1. The Kier molecular flexibility index (Phi) is 2.33. The molecule has 0 bridgehead atoms. The third kappa shape index (κ3) is 1.73. The van der Waals surface area contributed by atoms with Crippen LogP contribution in [0.1, 0.15) is 26.5 Å². The molecule has 1 aliphatic rings. The van der Waals surface area contributed by atoms with Gasteiger partial charge in [-0.25, -0.2) is 5.01 Å². The number of aliphatic hydroxyl groups is 2. The minimum Gasteiger partial charge on any atom is -0.353 e. The molecular weight excluding hydrogens is 224 g/mol. The first-order chi connectivity index (χ1) is 7.74. The molecule has 1 amide bonds. The number of H-pyrrole nitrogens is 1. The average molecular weight is 238 g/mol. The van der Waals surface area contributed by atoms with Crippen LogP contribution in [0.3, 0.4) is 0 Å². The Morgan fingerprint density at radius 1 is 1.41 bits per heavy atom. The summed E-state index contributed by atoms with van der Waals surface area (Å²) < 4.78 is 0. The molecule has 2 rings (SSSR count). The van der Waals surface area contributed by atoms with Crippen molar-refractivity contribution in [3.63, 3.8) is 0 Å². The summed E-state index contributed by atoms with van der Waals surface area (Å²) in [5, 5.41) is 30.9. The van der Waals surface area contributed by atoms with Gasteiger partial charge in [0.05, 0.1) is 11.2 Å². The Morgan fingerprint density at radius 3 is 2.47 bits per heavy atom. The molecule has 7 heteroatoms. The smallest absolute Gasteiger partial charge is 0.310 e. The van der Waals surface area contributed by atoms with E-state index in [1.807, 2.05) is 0 Å². The second-order valence-corrected chi connectivity index (χ2v) is 4.88. The van der Waals surface area contributed by atoms with Gasteiger partial charge in [0, 0.05) is 6.20 Å². The summed E-state index contributed by atoms with van der Waals surface area (Å²) in [7, 11) is 0. The molecule has 2 heterocycles. The molecule has 1 aromatic rings. The van der Waals surface area contributed by atoms with Gasteiger partial charge in [0.25, 0.3) is 5.79 Å². The summed E-state index contributed by atoms with van der Waals surface area (Å²) in [6, 6.07) is 1.51. The van der Waals surface area contributed by atoms with Gasteiger partial charge in [0.1, 0.15) is 0 Å². The zero-order valence-corrected chi connectivity index (χ0v) is 9.80. The first-order valence-corrected chi connectivity index (χ1v) is 5.13. The van der Waals surface area contributed by atoms with E-state index in [0.29, 0.717) is 5.69 Å². The van der Waals surface area contributed by atoms with Crippen molar-refractivity contribution in [2.24, 2.45) is 5.10 Å². The van der Waals surface area contributed by atoms with E-state index in [1.165, 1.54) is 12.3 Å². The number of hydrogen-bond acceptors (Lipinski definition) is 5. The van der Waals surface area contributed by atoms with Crippen LogP contribution in [0.25, 0.3) is 0 Å². The summed E-state index contributed by atoms with van der Waals surface area (Å²) in [5.41, 5.74) is -0.472. The van der Waals surface area contributed by atoms with Gasteiger partial charge in [0.15, 0.2) is 5.71 Å². The van der Waals surface area contributed by atoms with E-state index < -0.39 is 17.2 Å². The molecule has 0 spiro atoms. The molecule has 0 atom stereocenters. The SMILES string of the molecule is CC(C)(C)N1N=C(c2ccn[nH]2)C(O)(O)C1=O. The van der Waals surface area contributed by atoms with Gasteiger partial charge >= 0.3 is 5.91 Å². The van der Waals surface area contributed by atoms with Crippen molar-refractivity contribution in [2.75, 3.05) is 0 Å². The van der Waals surface area contributed by atoms with Crippen molar-refractivity contribution < 1.29 is 15.0 Å². The second-order valence-electron chi connectivity index (χ2n) is 4.88. The number of amides is 1. The fourth-order valence-corrected chi connectivity index (χ4v) is 1.55. The van der Waals surface area contributed by atoms with Gasteiger partial charge in [-0.1, -0.05) is 0 Å². The molecule has 0 unspecified atom stereocenters. The van der Waals surface area contributed by atoms with Gasteiger partial charge in [0.2, 0.25) is 0 Å². The molecular formula is C10H14N4O3. The van der Waals surface area contributed by atoms with E-state index in [2.05, 4.69) is 15.3 Å². The number of hydrogen-bond donors (Lipinski definition) is 3. The highest BCUT2D eigenvalue weighted by molar-refractivity contribution is 6.20. The van der Waals surface area contributed by atoms with Crippen LogP contribution in [0.15, 0.2) is 17.4 Å². The average Bonchev–Trinajstić information content (AvgIpc) is 2.74. The summed E-state index contributed by atoms with van der Waals surface area (Å²) in [6.07, 6.45) is 1.44. The highest BCUT2D eigenvalue weighted by Gasteiger charge is 2.52. The topological polar surface area (TPSA) is 102 Å². The Balaban J connectivity index is 2.48. The van der Waals surface area contributed by atoms with E-state index in [4.69, 9.17) is 0 Å². The molecule has 17 heavy (non-hydrogen) atoms.